The predicted molar refractivity (Wildman–Crippen MR) is 85.2 cm³/mol. The smallest absolute Gasteiger partial charge is 0.261 e. The second-order valence-electron chi connectivity index (χ2n) is 6.18. The fraction of sp³-hybridized carbons (Fsp3) is 0.611. The van der Waals surface area contributed by atoms with Gasteiger partial charge in [0.05, 0.1) is 6.10 Å². The van der Waals surface area contributed by atoms with Crippen LogP contribution < -0.4 is 10.1 Å². The quantitative estimate of drug-likeness (QED) is 0.879. The van der Waals surface area contributed by atoms with Crippen LogP contribution in [0, 0.1) is 0 Å². The van der Waals surface area contributed by atoms with E-state index in [0.29, 0.717) is 13.0 Å². The molecule has 1 heterocycles. The predicted octanol–water partition coefficient (Wildman–Crippen LogP) is 2.63. The Kier molecular flexibility index (Phi) is 4.98. The molecule has 2 aliphatic rings. The van der Waals surface area contributed by atoms with E-state index in [9.17, 15) is 4.79 Å². The first-order chi connectivity index (χ1) is 10.8. The van der Waals surface area contributed by atoms with Crippen molar-refractivity contribution >= 4 is 5.91 Å². The molecule has 1 fully saturated rings. The maximum absolute atomic E-state index is 12.3. The van der Waals surface area contributed by atoms with Gasteiger partial charge in [0.1, 0.15) is 5.75 Å². The van der Waals surface area contributed by atoms with Crippen molar-refractivity contribution in [2.75, 3.05) is 13.2 Å². The number of nitrogens with one attached hydrogen (secondary N) is 1. The van der Waals surface area contributed by atoms with Crippen molar-refractivity contribution in [3.8, 4) is 5.75 Å². The highest BCUT2D eigenvalue weighted by Gasteiger charge is 2.22. The number of rotatable bonds is 6. The molecule has 0 bridgehead atoms. The van der Waals surface area contributed by atoms with Crippen molar-refractivity contribution < 1.29 is 14.3 Å². The molecular formula is C18H25NO3. The SMILES string of the molecule is CC[C@H](Oc1ccc2c(c1)CCC2)C(=O)NC[C@H]1CCCO1. The zero-order valence-corrected chi connectivity index (χ0v) is 13.3. The molecule has 4 heteroatoms. The molecule has 0 saturated carbocycles. The molecule has 3 rings (SSSR count). The van der Waals surface area contributed by atoms with E-state index in [1.165, 1.54) is 17.5 Å². The molecular weight excluding hydrogens is 278 g/mol. The second kappa shape index (κ2) is 7.14. The van der Waals surface area contributed by atoms with Crippen molar-refractivity contribution in [1.29, 1.82) is 0 Å². The number of hydrogen-bond donors (Lipinski definition) is 1. The summed E-state index contributed by atoms with van der Waals surface area (Å²) in [7, 11) is 0. The van der Waals surface area contributed by atoms with Crippen molar-refractivity contribution in [3.05, 3.63) is 29.3 Å². The summed E-state index contributed by atoms with van der Waals surface area (Å²) in [6.45, 7) is 3.37. The Bertz CT molecular complexity index is 523. The van der Waals surface area contributed by atoms with Crippen LogP contribution in [0.1, 0.15) is 43.7 Å². The van der Waals surface area contributed by atoms with Gasteiger partial charge in [-0.05, 0) is 61.8 Å². The third-order valence-electron chi connectivity index (χ3n) is 4.54. The highest BCUT2D eigenvalue weighted by Crippen LogP contribution is 2.26. The number of hydrogen-bond acceptors (Lipinski definition) is 3. The Morgan fingerprint density at radius 2 is 2.23 bits per heavy atom. The van der Waals surface area contributed by atoms with Gasteiger partial charge < -0.3 is 14.8 Å². The number of carbonyl (C=O) groups excluding carboxylic acids is 1. The van der Waals surface area contributed by atoms with Gasteiger partial charge in [0.15, 0.2) is 6.10 Å². The minimum absolute atomic E-state index is 0.0431. The number of carbonyl (C=O) groups is 1. The molecule has 1 aliphatic heterocycles. The second-order valence-corrected chi connectivity index (χ2v) is 6.18. The Hall–Kier alpha value is -1.55. The van der Waals surface area contributed by atoms with Gasteiger partial charge in [-0.2, -0.15) is 0 Å². The Morgan fingerprint density at radius 1 is 1.36 bits per heavy atom. The number of amides is 1. The van der Waals surface area contributed by atoms with E-state index in [1.807, 2.05) is 13.0 Å². The van der Waals surface area contributed by atoms with Crippen LogP contribution in [0.15, 0.2) is 18.2 Å². The first kappa shape index (κ1) is 15.3. The number of aryl methyl sites for hydroxylation is 2. The lowest BCUT2D eigenvalue weighted by atomic mass is 10.1. The van der Waals surface area contributed by atoms with Gasteiger partial charge >= 0.3 is 0 Å². The van der Waals surface area contributed by atoms with Crippen LogP contribution in [0.2, 0.25) is 0 Å². The summed E-state index contributed by atoms with van der Waals surface area (Å²) in [4.78, 5) is 12.3. The molecule has 1 aromatic carbocycles. The van der Waals surface area contributed by atoms with Crippen LogP contribution in [-0.2, 0) is 22.4 Å². The maximum Gasteiger partial charge on any atom is 0.261 e. The highest BCUT2D eigenvalue weighted by atomic mass is 16.5. The summed E-state index contributed by atoms with van der Waals surface area (Å²) < 4.78 is 11.4. The van der Waals surface area contributed by atoms with Gasteiger partial charge in [0.25, 0.3) is 5.91 Å². The zero-order chi connectivity index (χ0) is 15.4. The Morgan fingerprint density at radius 3 is 3.00 bits per heavy atom. The van der Waals surface area contributed by atoms with Crippen LogP contribution in [-0.4, -0.2) is 31.3 Å². The van der Waals surface area contributed by atoms with Crippen LogP contribution in [0.5, 0.6) is 5.75 Å². The summed E-state index contributed by atoms with van der Waals surface area (Å²) in [5.74, 6) is 0.762. The van der Waals surface area contributed by atoms with Crippen molar-refractivity contribution in [3.63, 3.8) is 0 Å². The highest BCUT2D eigenvalue weighted by molar-refractivity contribution is 5.81. The van der Waals surface area contributed by atoms with E-state index in [-0.39, 0.29) is 12.0 Å². The normalized spacial score (nSPS) is 21.4. The zero-order valence-electron chi connectivity index (χ0n) is 13.3. The molecule has 2 atom stereocenters. The summed E-state index contributed by atoms with van der Waals surface area (Å²) >= 11 is 0. The molecule has 1 aromatic rings. The third-order valence-corrected chi connectivity index (χ3v) is 4.54. The molecule has 1 aliphatic carbocycles. The van der Waals surface area contributed by atoms with E-state index in [4.69, 9.17) is 9.47 Å². The van der Waals surface area contributed by atoms with Crippen LogP contribution >= 0.6 is 0 Å². The summed E-state index contributed by atoms with van der Waals surface area (Å²) in [6.07, 6.45) is 6.02. The fourth-order valence-electron chi connectivity index (χ4n) is 3.24. The van der Waals surface area contributed by atoms with E-state index in [0.717, 1.165) is 38.0 Å². The van der Waals surface area contributed by atoms with Crippen LogP contribution in [0.4, 0.5) is 0 Å². The van der Waals surface area contributed by atoms with Crippen LogP contribution in [0.3, 0.4) is 0 Å². The molecule has 0 aromatic heterocycles. The summed E-state index contributed by atoms with van der Waals surface area (Å²) in [5, 5.41) is 2.96. The van der Waals surface area contributed by atoms with E-state index in [1.54, 1.807) is 0 Å². The van der Waals surface area contributed by atoms with E-state index < -0.39 is 6.10 Å². The van der Waals surface area contributed by atoms with Gasteiger partial charge in [-0.3, -0.25) is 4.79 Å². The molecule has 1 amide bonds. The molecule has 120 valence electrons. The number of ether oxygens (including phenoxy) is 2. The van der Waals surface area contributed by atoms with Gasteiger partial charge in [0, 0.05) is 13.2 Å². The van der Waals surface area contributed by atoms with Gasteiger partial charge in [-0.1, -0.05) is 13.0 Å². The summed E-state index contributed by atoms with van der Waals surface area (Å²) in [5.41, 5.74) is 2.79. The molecule has 22 heavy (non-hydrogen) atoms. The average Bonchev–Trinajstić information content (AvgIpc) is 3.20. The lowest BCUT2D eigenvalue weighted by Gasteiger charge is -2.19. The van der Waals surface area contributed by atoms with Gasteiger partial charge in [-0.25, -0.2) is 0 Å². The largest absolute Gasteiger partial charge is 0.481 e. The Labute approximate surface area is 132 Å². The van der Waals surface area contributed by atoms with Crippen molar-refractivity contribution in [2.24, 2.45) is 0 Å². The van der Waals surface area contributed by atoms with E-state index >= 15 is 0 Å². The standard InChI is InChI=1S/C18H25NO3/c1-2-17(18(20)19-12-16-7-4-10-21-16)22-15-9-8-13-5-3-6-14(13)11-15/h8-9,11,16-17H,2-7,10,12H2,1H3,(H,19,20)/t16-,17+/m1/s1. The molecule has 0 radical (unpaired) electrons. The minimum Gasteiger partial charge on any atom is -0.481 e. The maximum atomic E-state index is 12.3. The fourth-order valence-corrected chi connectivity index (χ4v) is 3.24. The van der Waals surface area contributed by atoms with Gasteiger partial charge in [0.2, 0.25) is 0 Å². The average molecular weight is 303 g/mol. The first-order valence-electron chi connectivity index (χ1n) is 8.44. The lowest BCUT2D eigenvalue weighted by molar-refractivity contribution is -0.128. The number of fused-ring (bicyclic) bond motifs is 1. The molecule has 0 spiro atoms. The van der Waals surface area contributed by atoms with E-state index in [2.05, 4.69) is 17.4 Å². The van der Waals surface area contributed by atoms with Crippen molar-refractivity contribution in [2.45, 2.75) is 57.7 Å². The van der Waals surface area contributed by atoms with Crippen molar-refractivity contribution in [1.82, 2.24) is 5.32 Å². The third kappa shape index (κ3) is 3.61. The summed E-state index contributed by atoms with van der Waals surface area (Å²) in [6, 6.07) is 6.22. The Balaban J connectivity index is 1.55. The topological polar surface area (TPSA) is 47.6 Å². The molecule has 1 N–H and O–H groups in total. The molecule has 4 nitrogen and oxygen atoms in total. The lowest BCUT2D eigenvalue weighted by Crippen LogP contribution is -2.41. The monoisotopic (exact) mass is 303 g/mol. The van der Waals surface area contributed by atoms with Gasteiger partial charge in [-0.15, -0.1) is 0 Å². The van der Waals surface area contributed by atoms with Crippen LogP contribution in [0.25, 0.3) is 0 Å². The number of benzene rings is 1. The first-order valence-corrected chi connectivity index (χ1v) is 8.44. The molecule has 1 saturated heterocycles. The minimum atomic E-state index is -0.430. The molecule has 0 unspecified atom stereocenters.